The average Bonchev–Trinajstić information content (AvgIpc) is 2.63. The lowest BCUT2D eigenvalue weighted by molar-refractivity contribution is 0.187. The van der Waals surface area contributed by atoms with Crippen molar-refractivity contribution in [3.63, 3.8) is 0 Å². The fraction of sp³-hybridized carbons (Fsp3) is 0.368. The normalized spacial score (nSPS) is 17.3. The Morgan fingerprint density at radius 3 is 3.00 bits per heavy atom. The number of aromatic nitrogens is 1. The highest BCUT2D eigenvalue weighted by Gasteiger charge is 2.13. The second-order valence-corrected chi connectivity index (χ2v) is 6.27. The molecule has 0 spiro atoms. The van der Waals surface area contributed by atoms with Gasteiger partial charge < -0.3 is 15.8 Å². The molecule has 1 atom stereocenters. The van der Waals surface area contributed by atoms with Crippen LogP contribution in [0.2, 0.25) is 0 Å². The van der Waals surface area contributed by atoms with Crippen molar-refractivity contribution < 1.29 is 9.53 Å². The minimum Gasteiger partial charge on any atom is -0.453 e. The number of amides is 1. The van der Waals surface area contributed by atoms with Crippen LogP contribution >= 0.6 is 0 Å². The molecular formula is C19H24N4O2. The van der Waals surface area contributed by atoms with Gasteiger partial charge in [-0.2, -0.15) is 0 Å². The molecule has 6 nitrogen and oxygen atoms in total. The van der Waals surface area contributed by atoms with E-state index in [1.54, 1.807) is 0 Å². The number of carbonyl (C=O) groups excluding carboxylic acids is 1. The molecule has 2 heterocycles. The number of hydrogen-bond acceptors (Lipinski definition) is 5. The second kappa shape index (κ2) is 7.98. The zero-order valence-electron chi connectivity index (χ0n) is 14.4. The van der Waals surface area contributed by atoms with Crippen LogP contribution in [0, 0.1) is 0 Å². The molecule has 0 radical (unpaired) electrons. The monoisotopic (exact) mass is 340 g/mol. The van der Waals surface area contributed by atoms with Crippen LogP contribution in [0.25, 0.3) is 11.1 Å². The number of nitrogens with zero attached hydrogens (tertiary/aromatic N) is 1. The maximum atomic E-state index is 11.5. The molecule has 0 saturated carbocycles. The average molecular weight is 340 g/mol. The predicted octanol–water partition coefficient (Wildman–Crippen LogP) is 3.91. The van der Waals surface area contributed by atoms with Crippen LogP contribution in [0.1, 0.15) is 37.3 Å². The molecule has 6 heteroatoms. The van der Waals surface area contributed by atoms with Crippen LogP contribution in [0.15, 0.2) is 36.7 Å². The summed E-state index contributed by atoms with van der Waals surface area (Å²) in [6.07, 6.45) is 7.48. The highest BCUT2D eigenvalue weighted by Crippen LogP contribution is 2.32. The summed E-state index contributed by atoms with van der Waals surface area (Å²) in [6, 6.07) is 7.88. The Hall–Kier alpha value is -2.60. The molecule has 0 fully saturated rings. The van der Waals surface area contributed by atoms with Crippen LogP contribution in [-0.4, -0.2) is 24.7 Å². The number of nitrogens with one attached hydrogen (secondary N) is 2. The molecule has 1 amide bonds. The molecule has 1 aromatic carbocycles. The Morgan fingerprint density at radius 2 is 2.16 bits per heavy atom. The maximum Gasteiger partial charge on any atom is 0.411 e. The topological polar surface area (TPSA) is 89.3 Å². The summed E-state index contributed by atoms with van der Waals surface area (Å²) < 4.78 is 4.66. The van der Waals surface area contributed by atoms with Gasteiger partial charge in [-0.3, -0.25) is 10.3 Å². The summed E-state index contributed by atoms with van der Waals surface area (Å²) >= 11 is 0. The lowest BCUT2D eigenvalue weighted by atomic mass is 9.97. The van der Waals surface area contributed by atoms with Crippen molar-refractivity contribution in [3.05, 3.63) is 42.2 Å². The third-order valence-corrected chi connectivity index (χ3v) is 4.46. The quantitative estimate of drug-likeness (QED) is 0.732. The molecule has 2 aromatic rings. The zero-order chi connectivity index (χ0) is 17.6. The summed E-state index contributed by atoms with van der Waals surface area (Å²) in [6.45, 7) is 0.872. The molecule has 132 valence electrons. The van der Waals surface area contributed by atoms with Gasteiger partial charge in [0.1, 0.15) is 0 Å². The van der Waals surface area contributed by atoms with E-state index in [-0.39, 0.29) is 6.04 Å². The first-order valence-electron chi connectivity index (χ1n) is 8.61. The first-order valence-corrected chi connectivity index (χ1v) is 8.61. The van der Waals surface area contributed by atoms with Gasteiger partial charge in [-0.25, -0.2) is 4.79 Å². The smallest absolute Gasteiger partial charge is 0.411 e. The number of nitrogens with two attached hydrogens (primary N) is 1. The Morgan fingerprint density at radius 1 is 1.28 bits per heavy atom. The minimum atomic E-state index is -0.484. The maximum absolute atomic E-state index is 11.5. The van der Waals surface area contributed by atoms with E-state index in [1.165, 1.54) is 7.11 Å². The van der Waals surface area contributed by atoms with Crippen LogP contribution < -0.4 is 16.4 Å². The van der Waals surface area contributed by atoms with Gasteiger partial charge in [0.15, 0.2) is 0 Å². The summed E-state index contributed by atoms with van der Waals surface area (Å²) in [5, 5.41) is 6.19. The highest BCUT2D eigenvalue weighted by atomic mass is 16.5. The van der Waals surface area contributed by atoms with Crippen molar-refractivity contribution >= 4 is 17.5 Å². The first-order chi connectivity index (χ1) is 12.2. The minimum absolute atomic E-state index is 0.0172. The molecular weight excluding hydrogens is 316 g/mol. The Bertz CT molecular complexity index is 748. The van der Waals surface area contributed by atoms with Gasteiger partial charge >= 0.3 is 6.09 Å². The van der Waals surface area contributed by atoms with Crippen LogP contribution in [0.3, 0.4) is 0 Å². The SMILES string of the molecule is COC(=O)Nc1ccc2c(c1)NCCCCCC(N)c1cncc-2c1. The van der Waals surface area contributed by atoms with E-state index in [0.717, 1.165) is 54.6 Å². The van der Waals surface area contributed by atoms with E-state index in [0.29, 0.717) is 5.69 Å². The highest BCUT2D eigenvalue weighted by molar-refractivity contribution is 5.88. The van der Waals surface area contributed by atoms with Crippen LogP contribution in [0.5, 0.6) is 0 Å². The number of methoxy groups -OCH3 is 1. The lowest BCUT2D eigenvalue weighted by Crippen LogP contribution is -2.13. The van der Waals surface area contributed by atoms with E-state index in [2.05, 4.69) is 26.4 Å². The number of hydrogen-bond donors (Lipinski definition) is 3. The predicted molar refractivity (Wildman–Crippen MR) is 99.6 cm³/mol. The van der Waals surface area contributed by atoms with Crippen molar-refractivity contribution in [2.24, 2.45) is 5.73 Å². The van der Waals surface area contributed by atoms with Crippen molar-refractivity contribution in [2.45, 2.75) is 31.7 Å². The fourth-order valence-corrected chi connectivity index (χ4v) is 3.05. The van der Waals surface area contributed by atoms with E-state index in [4.69, 9.17) is 5.73 Å². The molecule has 0 aliphatic carbocycles. The number of fused-ring (bicyclic) bond motifs is 4. The van der Waals surface area contributed by atoms with Crippen molar-refractivity contribution in [2.75, 3.05) is 24.3 Å². The number of carbonyl (C=O) groups is 1. The first kappa shape index (κ1) is 17.2. The van der Waals surface area contributed by atoms with Gasteiger partial charge in [0, 0.05) is 47.5 Å². The fourth-order valence-electron chi connectivity index (χ4n) is 3.05. The van der Waals surface area contributed by atoms with Gasteiger partial charge in [-0.15, -0.1) is 0 Å². The molecule has 4 N–H and O–H groups in total. The van der Waals surface area contributed by atoms with E-state index in [1.807, 2.05) is 30.6 Å². The number of benzene rings is 1. The van der Waals surface area contributed by atoms with Crippen molar-refractivity contribution in [3.8, 4) is 11.1 Å². The molecule has 1 unspecified atom stereocenters. The second-order valence-electron chi connectivity index (χ2n) is 6.27. The molecule has 1 aliphatic heterocycles. The molecule has 1 aromatic heterocycles. The molecule has 3 rings (SSSR count). The van der Waals surface area contributed by atoms with E-state index < -0.39 is 6.09 Å². The van der Waals surface area contributed by atoms with Gasteiger partial charge in [0.25, 0.3) is 0 Å². The number of anilines is 2. The van der Waals surface area contributed by atoms with Crippen molar-refractivity contribution in [1.29, 1.82) is 0 Å². The van der Waals surface area contributed by atoms with E-state index in [9.17, 15) is 4.79 Å². The third-order valence-electron chi connectivity index (χ3n) is 4.46. The summed E-state index contributed by atoms with van der Waals surface area (Å²) in [7, 11) is 1.35. The zero-order valence-corrected chi connectivity index (χ0v) is 14.4. The summed E-state index contributed by atoms with van der Waals surface area (Å²) in [4.78, 5) is 15.8. The Labute approximate surface area is 147 Å². The molecule has 1 aliphatic rings. The van der Waals surface area contributed by atoms with Gasteiger partial charge in [0.05, 0.1) is 7.11 Å². The number of pyridine rings is 1. The third kappa shape index (κ3) is 4.28. The summed E-state index contributed by atoms with van der Waals surface area (Å²) in [5.41, 5.74) is 11.1. The molecule has 25 heavy (non-hydrogen) atoms. The van der Waals surface area contributed by atoms with E-state index >= 15 is 0 Å². The Kier molecular flexibility index (Phi) is 5.50. The molecule has 0 saturated heterocycles. The molecule has 2 bridgehead atoms. The van der Waals surface area contributed by atoms with Crippen molar-refractivity contribution in [1.82, 2.24) is 4.98 Å². The summed E-state index contributed by atoms with van der Waals surface area (Å²) in [5.74, 6) is 0. The Balaban J connectivity index is 1.99. The van der Waals surface area contributed by atoms with Gasteiger partial charge in [0.2, 0.25) is 0 Å². The largest absolute Gasteiger partial charge is 0.453 e. The lowest BCUT2D eigenvalue weighted by Gasteiger charge is -2.18. The van der Waals surface area contributed by atoms with Crippen LogP contribution in [-0.2, 0) is 4.74 Å². The standard InChI is InChI=1S/C19H24N4O2/c1-25-19(24)23-15-6-7-16-13-9-14(12-21-11-13)17(20)5-3-2-4-8-22-18(16)10-15/h6-7,9-12,17,22H,2-5,8,20H2,1H3,(H,23,24). The van der Waals surface area contributed by atoms with Crippen LogP contribution in [0.4, 0.5) is 16.2 Å². The van der Waals surface area contributed by atoms with Gasteiger partial charge in [-0.05, 0) is 36.6 Å². The number of ether oxygens (including phenoxy) is 1. The number of rotatable bonds is 1. The van der Waals surface area contributed by atoms with Gasteiger partial charge in [-0.1, -0.05) is 18.9 Å².